The van der Waals surface area contributed by atoms with Crippen molar-refractivity contribution >= 4 is 11.4 Å². The van der Waals surface area contributed by atoms with Gasteiger partial charge in [-0.3, -0.25) is 0 Å². The highest BCUT2D eigenvalue weighted by atomic mass is 15.1. The third-order valence-corrected chi connectivity index (χ3v) is 3.37. The van der Waals surface area contributed by atoms with Gasteiger partial charge in [-0.05, 0) is 30.9 Å². The van der Waals surface area contributed by atoms with Gasteiger partial charge in [-0.25, -0.2) is 0 Å². The smallest absolute Gasteiger partial charge is 0.101 e. The van der Waals surface area contributed by atoms with Crippen molar-refractivity contribution in [3.63, 3.8) is 0 Å². The Balaban J connectivity index is 2.15. The molecule has 1 aliphatic carbocycles. The predicted octanol–water partition coefficient (Wildman–Crippen LogP) is 2.38. The molecule has 1 aromatic carbocycles. The van der Waals surface area contributed by atoms with Gasteiger partial charge in [0.15, 0.2) is 0 Å². The molecule has 2 N–H and O–H groups in total. The molecule has 0 spiro atoms. The van der Waals surface area contributed by atoms with Crippen LogP contribution in [0.15, 0.2) is 18.2 Å². The number of hydrogen-bond donors (Lipinski definition) is 1. The first-order chi connectivity index (χ1) is 7.72. The first kappa shape index (κ1) is 10.8. The second-order valence-corrected chi connectivity index (χ2v) is 4.53. The van der Waals surface area contributed by atoms with Crippen molar-refractivity contribution in [2.45, 2.75) is 19.3 Å². The van der Waals surface area contributed by atoms with E-state index in [1.165, 1.54) is 19.3 Å². The molecule has 0 radical (unpaired) electrons. The summed E-state index contributed by atoms with van der Waals surface area (Å²) in [5, 5.41) is 8.92. The van der Waals surface area contributed by atoms with Crippen LogP contribution in [0.3, 0.4) is 0 Å². The standard InChI is InChI=1S/C13H17N3/c1-16(9-10-4-2-5-10)12-7-3-6-11(8-14)13(12)15/h3,6-7,10H,2,4-5,9,15H2,1H3. The molecule has 3 heteroatoms. The number of hydrogen-bond acceptors (Lipinski definition) is 3. The molecular weight excluding hydrogens is 198 g/mol. The fraction of sp³-hybridized carbons (Fsp3) is 0.462. The van der Waals surface area contributed by atoms with Gasteiger partial charge in [-0.15, -0.1) is 0 Å². The molecule has 0 heterocycles. The maximum Gasteiger partial charge on any atom is 0.101 e. The summed E-state index contributed by atoms with van der Waals surface area (Å²) in [5.74, 6) is 0.801. The average molecular weight is 215 g/mol. The van der Waals surface area contributed by atoms with E-state index in [-0.39, 0.29) is 0 Å². The average Bonchev–Trinajstić information content (AvgIpc) is 2.23. The predicted molar refractivity (Wildman–Crippen MR) is 66.2 cm³/mol. The maximum atomic E-state index is 8.92. The zero-order chi connectivity index (χ0) is 11.5. The minimum Gasteiger partial charge on any atom is -0.396 e. The van der Waals surface area contributed by atoms with Crippen LogP contribution in [-0.2, 0) is 0 Å². The fourth-order valence-corrected chi connectivity index (χ4v) is 2.14. The Kier molecular flexibility index (Phi) is 3.00. The Bertz CT molecular complexity index is 416. The Labute approximate surface area is 96.5 Å². The van der Waals surface area contributed by atoms with Crippen LogP contribution in [0, 0.1) is 17.2 Å². The fourth-order valence-electron chi connectivity index (χ4n) is 2.14. The number of nitrogens with two attached hydrogens (primary N) is 1. The van der Waals surface area contributed by atoms with Gasteiger partial charge >= 0.3 is 0 Å². The largest absolute Gasteiger partial charge is 0.396 e. The van der Waals surface area contributed by atoms with E-state index < -0.39 is 0 Å². The van der Waals surface area contributed by atoms with E-state index in [0.717, 1.165) is 18.2 Å². The number of benzene rings is 1. The molecule has 0 amide bonds. The Hall–Kier alpha value is -1.69. The first-order valence-corrected chi connectivity index (χ1v) is 5.72. The van der Waals surface area contributed by atoms with Crippen LogP contribution in [0.4, 0.5) is 11.4 Å². The molecule has 84 valence electrons. The van der Waals surface area contributed by atoms with Crippen molar-refractivity contribution in [2.24, 2.45) is 5.92 Å². The summed E-state index contributed by atoms with van der Waals surface area (Å²) < 4.78 is 0. The molecule has 0 saturated heterocycles. The van der Waals surface area contributed by atoms with E-state index in [2.05, 4.69) is 11.0 Å². The van der Waals surface area contributed by atoms with Gasteiger partial charge in [0, 0.05) is 13.6 Å². The van der Waals surface area contributed by atoms with Crippen LogP contribution in [0.5, 0.6) is 0 Å². The van der Waals surface area contributed by atoms with Crippen molar-refractivity contribution in [3.05, 3.63) is 23.8 Å². The molecule has 16 heavy (non-hydrogen) atoms. The molecule has 2 rings (SSSR count). The Morgan fingerprint density at radius 3 is 2.81 bits per heavy atom. The lowest BCUT2D eigenvalue weighted by Gasteiger charge is -2.31. The second-order valence-electron chi connectivity index (χ2n) is 4.53. The summed E-state index contributed by atoms with van der Waals surface area (Å²) in [5.41, 5.74) is 8.11. The number of nitriles is 1. The molecule has 0 aliphatic heterocycles. The Morgan fingerprint density at radius 1 is 1.50 bits per heavy atom. The van der Waals surface area contributed by atoms with E-state index >= 15 is 0 Å². The molecule has 1 saturated carbocycles. The number of anilines is 2. The zero-order valence-electron chi connectivity index (χ0n) is 9.61. The molecule has 0 atom stereocenters. The lowest BCUT2D eigenvalue weighted by atomic mass is 9.85. The third-order valence-electron chi connectivity index (χ3n) is 3.37. The van der Waals surface area contributed by atoms with Crippen LogP contribution >= 0.6 is 0 Å². The first-order valence-electron chi connectivity index (χ1n) is 5.72. The van der Waals surface area contributed by atoms with Gasteiger partial charge in [0.2, 0.25) is 0 Å². The van der Waals surface area contributed by atoms with E-state index in [1.807, 2.05) is 19.2 Å². The number of para-hydroxylation sites is 1. The highest BCUT2D eigenvalue weighted by Crippen LogP contribution is 2.31. The van der Waals surface area contributed by atoms with Crippen LogP contribution in [0.1, 0.15) is 24.8 Å². The molecular formula is C13H17N3. The van der Waals surface area contributed by atoms with Gasteiger partial charge < -0.3 is 10.6 Å². The van der Waals surface area contributed by atoms with Gasteiger partial charge in [0.25, 0.3) is 0 Å². The van der Waals surface area contributed by atoms with Crippen LogP contribution in [0.2, 0.25) is 0 Å². The van der Waals surface area contributed by atoms with Crippen molar-refractivity contribution in [2.75, 3.05) is 24.2 Å². The summed E-state index contributed by atoms with van der Waals surface area (Å²) in [6, 6.07) is 7.75. The lowest BCUT2D eigenvalue weighted by Crippen LogP contribution is -2.29. The monoisotopic (exact) mass is 215 g/mol. The minimum absolute atomic E-state index is 0.568. The normalized spacial score (nSPS) is 15.2. The van der Waals surface area contributed by atoms with Crippen LogP contribution in [-0.4, -0.2) is 13.6 Å². The minimum atomic E-state index is 0.568. The third kappa shape index (κ3) is 1.96. The van der Waals surface area contributed by atoms with Crippen molar-refractivity contribution < 1.29 is 0 Å². The number of rotatable bonds is 3. The van der Waals surface area contributed by atoms with Crippen LogP contribution in [0.25, 0.3) is 0 Å². The van der Waals surface area contributed by atoms with Crippen molar-refractivity contribution in [3.8, 4) is 6.07 Å². The highest BCUT2D eigenvalue weighted by molar-refractivity contribution is 5.73. The van der Waals surface area contributed by atoms with E-state index in [0.29, 0.717) is 11.3 Å². The van der Waals surface area contributed by atoms with Gasteiger partial charge in [0.05, 0.1) is 16.9 Å². The Morgan fingerprint density at radius 2 is 2.25 bits per heavy atom. The summed E-state index contributed by atoms with van der Waals surface area (Å²) >= 11 is 0. The summed E-state index contributed by atoms with van der Waals surface area (Å²) in [4.78, 5) is 2.17. The SMILES string of the molecule is CN(CC1CCC1)c1cccc(C#N)c1N. The van der Waals surface area contributed by atoms with Gasteiger partial charge in [0.1, 0.15) is 6.07 Å². The number of nitrogen functional groups attached to an aromatic ring is 1. The summed E-state index contributed by atoms with van der Waals surface area (Å²) in [7, 11) is 2.05. The number of nitrogens with zero attached hydrogens (tertiary/aromatic N) is 2. The van der Waals surface area contributed by atoms with E-state index in [4.69, 9.17) is 11.0 Å². The molecule has 0 unspecified atom stereocenters. The zero-order valence-corrected chi connectivity index (χ0v) is 9.61. The highest BCUT2D eigenvalue weighted by Gasteiger charge is 2.20. The van der Waals surface area contributed by atoms with Crippen molar-refractivity contribution in [1.29, 1.82) is 5.26 Å². The summed E-state index contributed by atoms with van der Waals surface area (Å²) in [6.07, 6.45) is 4.00. The van der Waals surface area contributed by atoms with Crippen molar-refractivity contribution in [1.82, 2.24) is 0 Å². The molecule has 1 fully saturated rings. The van der Waals surface area contributed by atoms with Gasteiger partial charge in [-0.2, -0.15) is 5.26 Å². The molecule has 3 nitrogen and oxygen atoms in total. The molecule has 1 aromatic rings. The van der Waals surface area contributed by atoms with E-state index in [9.17, 15) is 0 Å². The van der Waals surface area contributed by atoms with E-state index in [1.54, 1.807) is 6.07 Å². The second kappa shape index (κ2) is 4.44. The maximum absolute atomic E-state index is 8.92. The quantitative estimate of drug-likeness (QED) is 0.787. The van der Waals surface area contributed by atoms with Crippen LogP contribution < -0.4 is 10.6 Å². The molecule has 0 bridgehead atoms. The van der Waals surface area contributed by atoms with Gasteiger partial charge in [-0.1, -0.05) is 12.5 Å². The lowest BCUT2D eigenvalue weighted by molar-refractivity contribution is 0.321. The molecule has 1 aliphatic rings. The molecule has 0 aromatic heterocycles. The topological polar surface area (TPSA) is 53.0 Å². The summed E-state index contributed by atoms with van der Waals surface area (Å²) in [6.45, 7) is 1.04.